The Kier molecular flexibility index (Phi) is 9.72. The quantitative estimate of drug-likeness (QED) is 0.365. The van der Waals surface area contributed by atoms with Crippen molar-refractivity contribution in [2.24, 2.45) is 4.99 Å². The maximum Gasteiger partial charge on any atom is 0.224 e. The van der Waals surface area contributed by atoms with E-state index in [1.807, 2.05) is 68.4 Å². The Balaban J connectivity index is 1.89. The van der Waals surface area contributed by atoms with Crippen LogP contribution in [-0.4, -0.2) is 30.1 Å². The summed E-state index contributed by atoms with van der Waals surface area (Å²) in [4.78, 5) is 16.4. The molecule has 0 aliphatic carbocycles. The van der Waals surface area contributed by atoms with E-state index in [0.717, 1.165) is 29.8 Å². The molecule has 156 valence electrons. The van der Waals surface area contributed by atoms with Crippen molar-refractivity contribution in [1.29, 1.82) is 0 Å². The summed E-state index contributed by atoms with van der Waals surface area (Å²) in [5.41, 5.74) is 2.72. The van der Waals surface area contributed by atoms with Crippen LogP contribution in [0.4, 0.5) is 5.69 Å². The Morgan fingerprint density at radius 3 is 2.59 bits per heavy atom. The topological polar surface area (TPSA) is 85.8 Å². The van der Waals surface area contributed by atoms with E-state index in [1.165, 1.54) is 0 Å². The number of rotatable bonds is 10. The van der Waals surface area contributed by atoms with Gasteiger partial charge in [0.2, 0.25) is 5.91 Å². The number of aliphatic hydroxyl groups is 1. The van der Waals surface area contributed by atoms with Crippen LogP contribution in [0.2, 0.25) is 0 Å². The van der Waals surface area contributed by atoms with Gasteiger partial charge >= 0.3 is 0 Å². The molecule has 0 saturated carbocycles. The zero-order chi connectivity index (χ0) is 20.9. The van der Waals surface area contributed by atoms with Gasteiger partial charge in [-0.05, 0) is 43.0 Å². The second-order valence-corrected chi connectivity index (χ2v) is 6.84. The van der Waals surface area contributed by atoms with Gasteiger partial charge in [-0.2, -0.15) is 0 Å². The van der Waals surface area contributed by atoms with Gasteiger partial charge in [0, 0.05) is 25.2 Å². The molecule has 0 aliphatic rings. The van der Waals surface area contributed by atoms with Gasteiger partial charge in [0.1, 0.15) is 0 Å². The highest BCUT2D eigenvalue weighted by molar-refractivity contribution is 5.90. The van der Waals surface area contributed by atoms with Crippen LogP contribution in [-0.2, 0) is 11.3 Å². The smallest absolute Gasteiger partial charge is 0.224 e. The fourth-order valence-corrected chi connectivity index (χ4v) is 2.88. The molecular weight excluding hydrogens is 364 g/mol. The standard InChI is InChI=1S/C23H32N4O2/c1-3-9-22(29)27-20-13-8-10-18(16-20)17-26-23(24-4-2)25-15-14-21(28)19-11-6-5-7-12-19/h5-8,10-13,16,21,28H,3-4,9,14-15,17H2,1-2H3,(H,27,29)(H2,24,25,26). The number of benzene rings is 2. The molecule has 0 aromatic heterocycles. The summed E-state index contributed by atoms with van der Waals surface area (Å²) < 4.78 is 0. The van der Waals surface area contributed by atoms with Crippen molar-refractivity contribution >= 4 is 17.6 Å². The van der Waals surface area contributed by atoms with Gasteiger partial charge in [0.15, 0.2) is 5.96 Å². The Hall–Kier alpha value is -2.86. The Labute approximate surface area is 173 Å². The van der Waals surface area contributed by atoms with E-state index in [2.05, 4.69) is 20.9 Å². The normalized spacial score (nSPS) is 12.3. The third kappa shape index (κ3) is 8.35. The highest BCUT2D eigenvalue weighted by Gasteiger charge is 2.07. The molecule has 1 unspecified atom stereocenters. The maximum atomic E-state index is 11.8. The summed E-state index contributed by atoms with van der Waals surface area (Å²) in [7, 11) is 0. The summed E-state index contributed by atoms with van der Waals surface area (Å²) in [6, 6.07) is 17.4. The van der Waals surface area contributed by atoms with Gasteiger partial charge in [-0.1, -0.05) is 49.4 Å². The molecule has 2 aromatic carbocycles. The van der Waals surface area contributed by atoms with Gasteiger partial charge in [0.25, 0.3) is 0 Å². The zero-order valence-electron chi connectivity index (χ0n) is 17.3. The Bertz CT molecular complexity index is 777. The van der Waals surface area contributed by atoms with E-state index in [9.17, 15) is 9.90 Å². The van der Waals surface area contributed by atoms with Crippen LogP contribution in [0.3, 0.4) is 0 Å². The van der Waals surface area contributed by atoms with Crippen molar-refractivity contribution in [3.05, 3.63) is 65.7 Å². The molecule has 0 saturated heterocycles. The summed E-state index contributed by atoms with van der Waals surface area (Å²) in [6.45, 7) is 5.85. The third-order valence-corrected chi connectivity index (χ3v) is 4.35. The first-order valence-corrected chi connectivity index (χ1v) is 10.3. The van der Waals surface area contributed by atoms with Crippen molar-refractivity contribution in [1.82, 2.24) is 10.6 Å². The van der Waals surface area contributed by atoms with Crippen LogP contribution in [0.15, 0.2) is 59.6 Å². The number of hydrogen-bond acceptors (Lipinski definition) is 3. The number of hydrogen-bond donors (Lipinski definition) is 4. The van der Waals surface area contributed by atoms with Crippen molar-refractivity contribution < 1.29 is 9.90 Å². The molecule has 2 aromatic rings. The van der Waals surface area contributed by atoms with Gasteiger partial charge in [-0.3, -0.25) is 4.79 Å². The first kappa shape index (κ1) is 22.4. The second kappa shape index (κ2) is 12.6. The maximum absolute atomic E-state index is 11.8. The largest absolute Gasteiger partial charge is 0.388 e. The predicted molar refractivity (Wildman–Crippen MR) is 119 cm³/mol. The molecule has 1 amide bonds. The second-order valence-electron chi connectivity index (χ2n) is 6.84. The van der Waals surface area contributed by atoms with Crippen LogP contribution in [0.25, 0.3) is 0 Å². The molecule has 6 nitrogen and oxygen atoms in total. The van der Waals surface area contributed by atoms with Crippen LogP contribution < -0.4 is 16.0 Å². The minimum atomic E-state index is -0.505. The van der Waals surface area contributed by atoms with E-state index in [4.69, 9.17) is 0 Å². The number of amides is 1. The minimum absolute atomic E-state index is 0.0279. The number of nitrogens with zero attached hydrogens (tertiary/aromatic N) is 1. The van der Waals surface area contributed by atoms with Crippen LogP contribution >= 0.6 is 0 Å². The zero-order valence-corrected chi connectivity index (χ0v) is 17.3. The fourth-order valence-electron chi connectivity index (χ4n) is 2.88. The van der Waals surface area contributed by atoms with Gasteiger partial charge in [0.05, 0.1) is 12.6 Å². The predicted octanol–water partition coefficient (Wildman–Crippen LogP) is 3.60. The van der Waals surface area contributed by atoms with Crippen LogP contribution in [0.1, 0.15) is 50.3 Å². The fraction of sp³-hybridized carbons (Fsp3) is 0.391. The molecular formula is C23H32N4O2. The van der Waals surface area contributed by atoms with Gasteiger partial charge in [-0.25, -0.2) is 4.99 Å². The van der Waals surface area contributed by atoms with Crippen LogP contribution in [0, 0.1) is 0 Å². The van der Waals surface area contributed by atoms with Crippen molar-refractivity contribution in [3.63, 3.8) is 0 Å². The molecule has 0 aliphatic heterocycles. The first-order chi connectivity index (χ1) is 14.1. The lowest BCUT2D eigenvalue weighted by Crippen LogP contribution is -2.38. The van der Waals surface area contributed by atoms with Gasteiger partial charge in [-0.15, -0.1) is 0 Å². The van der Waals surface area contributed by atoms with Crippen molar-refractivity contribution in [3.8, 4) is 0 Å². The number of carbonyl (C=O) groups is 1. The number of anilines is 1. The molecule has 29 heavy (non-hydrogen) atoms. The number of carbonyl (C=O) groups excluding carboxylic acids is 1. The average molecular weight is 397 g/mol. The lowest BCUT2D eigenvalue weighted by atomic mass is 10.1. The van der Waals surface area contributed by atoms with E-state index >= 15 is 0 Å². The number of aliphatic hydroxyl groups excluding tert-OH is 1. The van der Waals surface area contributed by atoms with E-state index < -0.39 is 6.10 Å². The van der Waals surface area contributed by atoms with Crippen LogP contribution in [0.5, 0.6) is 0 Å². The molecule has 1 atom stereocenters. The molecule has 0 fully saturated rings. The van der Waals surface area contributed by atoms with Crippen molar-refractivity contribution in [2.75, 3.05) is 18.4 Å². The Morgan fingerprint density at radius 2 is 1.86 bits per heavy atom. The number of nitrogens with one attached hydrogen (secondary N) is 3. The Morgan fingerprint density at radius 1 is 1.07 bits per heavy atom. The summed E-state index contributed by atoms with van der Waals surface area (Å²) in [5, 5.41) is 19.7. The molecule has 0 radical (unpaired) electrons. The molecule has 0 heterocycles. The van der Waals surface area contributed by atoms with E-state index in [-0.39, 0.29) is 5.91 Å². The lowest BCUT2D eigenvalue weighted by molar-refractivity contribution is -0.116. The monoisotopic (exact) mass is 396 g/mol. The molecule has 4 N–H and O–H groups in total. The molecule has 6 heteroatoms. The SMILES string of the molecule is CCCC(=O)Nc1cccc(CN=C(NCC)NCCC(O)c2ccccc2)c1. The number of aliphatic imine (C=N–C) groups is 1. The summed E-state index contributed by atoms with van der Waals surface area (Å²) >= 11 is 0. The van der Waals surface area contributed by atoms with E-state index in [1.54, 1.807) is 0 Å². The molecule has 2 rings (SSSR count). The molecule has 0 spiro atoms. The van der Waals surface area contributed by atoms with E-state index in [0.29, 0.717) is 31.9 Å². The highest BCUT2D eigenvalue weighted by atomic mass is 16.3. The minimum Gasteiger partial charge on any atom is -0.388 e. The first-order valence-electron chi connectivity index (χ1n) is 10.3. The summed E-state index contributed by atoms with van der Waals surface area (Å²) in [6.07, 6.45) is 1.43. The van der Waals surface area contributed by atoms with Crippen molar-refractivity contribution in [2.45, 2.75) is 45.8 Å². The number of guanidine groups is 1. The third-order valence-electron chi connectivity index (χ3n) is 4.35. The van der Waals surface area contributed by atoms with Gasteiger partial charge < -0.3 is 21.1 Å². The molecule has 0 bridgehead atoms. The lowest BCUT2D eigenvalue weighted by Gasteiger charge is -2.14. The average Bonchev–Trinajstić information content (AvgIpc) is 2.73. The summed E-state index contributed by atoms with van der Waals surface area (Å²) in [5.74, 6) is 0.730. The highest BCUT2D eigenvalue weighted by Crippen LogP contribution is 2.15.